The molecular weight excluding hydrogens is 540 g/mol. The van der Waals surface area contributed by atoms with Crippen molar-refractivity contribution >= 4 is 50.3 Å². The number of nitrogens with zero attached hydrogens (tertiary/aromatic N) is 1. The molecule has 2 N–H and O–H groups in total. The van der Waals surface area contributed by atoms with E-state index in [9.17, 15) is 14.7 Å². The van der Waals surface area contributed by atoms with E-state index in [0.717, 1.165) is 32.2 Å². The number of carbonyl (C=O) groups excluding carboxylic acids is 1. The molecule has 4 rings (SSSR count). The zero-order chi connectivity index (χ0) is 25.9. The van der Waals surface area contributed by atoms with Gasteiger partial charge in [-0.15, -0.1) is 0 Å². The van der Waals surface area contributed by atoms with Crippen LogP contribution < -0.4 is 5.32 Å². The summed E-state index contributed by atoms with van der Waals surface area (Å²) in [6.45, 7) is 4.06. The SMILES string of the molecule is Cc1c(-c2ccccc2)nc2ccc(Br)cc2c1C(=O)NC[C@](C)(CCC(=O)O)c1ccccc1Cl. The van der Waals surface area contributed by atoms with Gasteiger partial charge < -0.3 is 10.4 Å². The molecule has 0 aliphatic heterocycles. The third-order valence-corrected chi connectivity index (χ3v) is 7.34. The van der Waals surface area contributed by atoms with Crippen LogP contribution in [0.4, 0.5) is 0 Å². The number of carbonyl (C=O) groups is 2. The Morgan fingerprint density at radius 2 is 1.75 bits per heavy atom. The van der Waals surface area contributed by atoms with E-state index in [4.69, 9.17) is 16.6 Å². The quantitative estimate of drug-likeness (QED) is 0.237. The lowest BCUT2D eigenvalue weighted by Crippen LogP contribution is -2.39. The number of hydrogen-bond donors (Lipinski definition) is 2. The summed E-state index contributed by atoms with van der Waals surface area (Å²) in [4.78, 5) is 30.0. The predicted octanol–water partition coefficient (Wildman–Crippen LogP) is 7.18. The van der Waals surface area contributed by atoms with Gasteiger partial charge in [0.15, 0.2) is 0 Å². The van der Waals surface area contributed by atoms with Gasteiger partial charge in [0.2, 0.25) is 0 Å². The van der Waals surface area contributed by atoms with Crippen LogP contribution in [0, 0.1) is 6.92 Å². The molecule has 36 heavy (non-hydrogen) atoms. The Morgan fingerprint density at radius 3 is 2.44 bits per heavy atom. The minimum atomic E-state index is -0.895. The number of benzene rings is 3. The van der Waals surface area contributed by atoms with Gasteiger partial charge in [-0.25, -0.2) is 4.98 Å². The van der Waals surface area contributed by atoms with E-state index in [1.54, 1.807) is 6.07 Å². The van der Waals surface area contributed by atoms with Gasteiger partial charge in [-0.05, 0) is 48.7 Å². The van der Waals surface area contributed by atoms with Crippen LogP contribution in [0.3, 0.4) is 0 Å². The Morgan fingerprint density at radius 1 is 1.06 bits per heavy atom. The zero-order valence-electron chi connectivity index (χ0n) is 20.0. The van der Waals surface area contributed by atoms with E-state index in [1.807, 2.05) is 80.6 Å². The van der Waals surface area contributed by atoms with Crippen molar-refractivity contribution in [2.45, 2.75) is 32.1 Å². The number of fused-ring (bicyclic) bond motifs is 1. The van der Waals surface area contributed by atoms with E-state index >= 15 is 0 Å². The molecule has 0 bridgehead atoms. The molecule has 1 aromatic heterocycles. The second-order valence-electron chi connectivity index (χ2n) is 9.10. The van der Waals surface area contributed by atoms with Crippen molar-refractivity contribution in [1.29, 1.82) is 0 Å². The van der Waals surface area contributed by atoms with Crippen LogP contribution in [0.15, 0.2) is 77.3 Å². The summed E-state index contributed by atoms with van der Waals surface area (Å²) in [6, 6.07) is 22.8. The average molecular weight is 566 g/mol. The van der Waals surface area contributed by atoms with Crippen LogP contribution in [0.25, 0.3) is 22.2 Å². The minimum Gasteiger partial charge on any atom is -0.481 e. The average Bonchev–Trinajstić information content (AvgIpc) is 2.86. The predicted molar refractivity (Wildman–Crippen MR) is 148 cm³/mol. The third kappa shape index (κ3) is 5.45. The number of nitrogens with one attached hydrogen (secondary N) is 1. The van der Waals surface area contributed by atoms with Crippen LogP contribution in [-0.2, 0) is 10.2 Å². The van der Waals surface area contributed by atoms with Gasteiger partial charge in [0.1, 0.15) is 0 Å². The summed E-state index contributed by atoms with van der Waals surface area (Å²) < 4.78 is 0.847. The number of hydrogen-bond acceptors (Lipinski definition) is 3. The zero-order valence-corrected chi connectivity index (χ0v) is 22.4. The first kappa shape index (κ1) is 25.9. The summed E-state index contributed by atoms with van der Waals surface area (Å²) in [5.74, 6) is -1.14. The Labute approximate surface area is 223 Å². The number of amides is 1. The largest absolute Gasteiger partial charge is 0.481 e. The van der Waals surface area contributed by atoms with Crippen LogP contribution in [0.2, 0.25) is 5.02 Å². The monoisotopic (exact) mass is 564 g/mol. The van der Waals surface area contributed by atoms with E-state index in [2.05, 4.69) is 21.2 Å². The summed E-state index contributed by atoms with van der Waals surface area (Å²) in [5.41, 5.74) is 3.83. The Kier molecular flexibility index (Phi) is 7.76. The molecule has 3 aromatic carbocycles. The lowest BCUT2D eigenvalue weighted by atomic mass is 9.78. The lowest BCUT2D eigenvalue weighted by Gasteiger charge is -2.31. The van der Waals surface area contributed by atoms with Crippen molar-refractivity contribution in [3.05, 3.63) is 99.0 Å². The van der Waals surface area contributed by atoms with E-state index in [1.165, 1.54) is 0 Å². The van der Waals surface area contributed by atoms with Gasteiger partial charge in [-0.1, -0.05) is 83.0 Å². The summed E-state index contributed by atoms with van der Waals surface area (Å²) in [6.07, 6.45) is 0.281. The maximum absolute atomic E-state index is 13.8. The number of aromatic nitrogens is 1. The molecule has 0 fully saturated rings. The maximum atomic E-state index is 13.8. The van der Waals surface area contributed by atoms with Crippen molar-refractivity contribution in [2.24, 2.45) is 0 Å². The van der Waals surface area contributed by atoms with Gasteiger partial charge in [0, 0.05) is 38.8 Å². The van der Waals surface area contributed by atoms with Gasteiger partial charge in [-0.2, -0.15) is 0 Å². The van der Waals surface area contributed by atoms with Crippen molar-refractivity contribution < 1.29 is 14.7 Å². The van der Waals surface area contributed by atoms with Crippen molar-refractivity contribution in [3.8, 4) is 11.3 Å². The number of carboxylic acid groups (broad SMARTS) is 1. The first-order valence-electron chi connectivity index (χ1n) is 11.6. The standard InChI is InChI=1S/C29H26BrClN2O3/c1-18-26(21-16-20(30)12-13-24(21)33-27(18)19-8-4-3-5-9-19)28(36)32-17-29(2,15-14-25(34)35)22-10-6-7-11-23(22)31/h3-13,16H,14-15,17H2,1-2H3,(H,32,36)(H,34,35)/t29-/m0/s1. The second-order valence-corrected chi connectivity index (χ2v) is 10.4. The molecule has 0 spiro atoms. The van der Waals surface area contributed by atoms with Gasteiger partial charge in [-0.3, -0.25) is 9.59 Å². The highest BCUT2D eigenvalue weighted by Gasteiger charge is 2.31. The van der Waals surface area contributed by atoms with Crippen LogP contribution in [0.1, 0.15) is 41.3 Å². The normalized spacial score (nSPS) is 12.8. The van der Waals surface area contributed by atoms with Crippen molar-refractivity contribution in [1.82, 2.24) is 10.3 Å². The van der Waals surface area contributed by atoms with Crippen LogP contribution in [-0.4, -0.2) is 28.5 Å². The maximum Gasteiger partial charge on any atom is 0.303 e. The molecule has 7 heteroatoms. The van der Waals surface area contributed by atoms with Crippen LogP contribution >= 0.6 is 27.5 Å². The Balaban J connectivity index is 1.75. The first-order valence-corrected chi connectivity index (χ1v) is 12.8. The molecule has 4 aromatic rings. The Hall–Kier alpha value is -3.22. The summed E-state index contributed by atoms with van der Waals surface area (Å²) in [7, 11) is 0. The highest BCUT2D eigenvalue weighted by Crippen LogP contribution is 2.35. The second kappa shape index (κ2) is 10.8. The van der Waals surface area contributed by atoms with E-state index in [-0.39, 0.29) is 18.9 Å². The Bertz CT molecular complexity index is 1440. The van der Waals surface area contributed by atoms with Gasteiger partial charge in [0.05, 0.1) is 16.8 Å². The minimum absolute atomic E-state index is 0.0418. The molecule has 0 saturated carbocycles. The van der Waals surface area contributed by atoms with Crippen LogP contribution in [0.5, 0.6) is 0 Å². The highest BCUT2D eigenvalue weighted by atomic mass is 79.9. The molecule has 1 amide bonds. The number of rotatable bonds is 8. The number of carboxylic acids is 1. The topological polar surface area (TPSA) is 79.3 Å². The number of aliphatic carboxylic acids is 1. The number of pyridine rings is 1. The van der Waals surface area contributed by atoms with Crippen molar-refractivity contribution in [3.63, 3.8) is 0 Å². The lowest BCUT2D eigenvalue weighted by molar-refractivity contribution is -0.137. The molecule has 0 aliphatic carbocycles. The summed E-state index contributed by atoms with van der Waals surface area (Å²) >= 11 is 10.0. The van der Waals surface area contributed by atoms with Gasteiger partial charge in [0.25, 0.3) is 5.91 Å². The molecule has 0 unspecified atom stereocenters. The molecule has 1 heterocycles. The van der Waals surface area contributed by atoms with E-state index in [0.29, 0.717) is 22.5 Å². The number of halogens is 2. The van der Waals surface area contributed by atoms with Gasteiger partial charge >= 0.3 is 5.97 Å². The molecule has 1 atom stereocenters. The fourth-order valence-corrected chi connectivity index (χ4v) is 5.24. The van der Waals surface area contributed by atoms with E-state index < -0.39 is 11.4 Å². The molecule has 5 nitrogen and oxygen atoms in total. The first-order chi connectivity index (χ1) is 17.2. The smallest absolute Gasteiger partial charge is 0.303 e. The molecular formula is C29H26BrClN2O3. The fourth-order valence-electron chi connectivity index (χ4n) is 4.52. The molecule has 0 aliphatic rings. The third-order valence-electron chi connectivity index (χ3n) is 6.52. The molecule has 0 radical (unpaired) electrons. The summed E-state index contributed by atoms with van der Waals surface area (Å²) in [5, 5.41) is 13.7. The van der Waals surface area contributed by atoms with Crippen molar-refractivity contribution in [2.75, 3.05) is 6.54 Å². The fraction of sp³-hybridized carbons (Fsp3) is 0.207. The molecule has 0 saturated heterocycles. The highest BCUT2D eigenvalue weighted by molar-refractivity contribution is 9.10. The molecule has 184 valence electrons.